The molecule has 0 saturated carbocycles. The molecular formula is C16H24ClNO3. The molecule has 118 valence electrons. The molecule has 0 amide bonds. The van der Waals surface area contributed by atoms with E-state index in [4.69, 9.17) is 25.8 Å². The van der Waals surface area contributed by atoms with Gasteiger partial charge >= 0.3 is 0 Å². The zero-order valence-electron chi connectivity index (χ0n) is 13.0. The Labute approximate surface area is 131 Å². The molecule has 1 fully saturated rings. The molecule has 1 aliphatic heterocycles. The Morgan fingerprint density at radius 2 is 2.10 bits per heavy atom. The van der Waals surface area contributed by atoms with E-state index in [0.717, 1.165) is 37.6 Å². The molecule has 1 aromatic rings. The van der Waals surface area contributed by atoms with Crippen LogP contribution in [-0.4, -0.2) is 44.9 Å². The van der Waals surface area contributed by atoms with Crippen LogP contribution < -0.4 is 9.47 Å². The van der Waals surface area contributed by atoms with Crippen LogP contribution in [0.3, 0.4) is 0 Å². The van der Waals surface area contributed by atoms with Crippen molar-refractivity contribution in [2.24, 2.45) is 0 Å². The van der Waals surface area contributed by atoms with Crippen molar-refractivity contribution in [3.05, 3.63) is 22.7 Å². The van der Waals surface area contributed by atoms with Crippen LogP contribution in [0.1, 0.15) is 25.3 Å². The molecule has 0 aliphatic carbocycles. The predicted molar refractivity (Wildman–Crippen MR) is 84.5 cm³/mol. The molecule has 0 N–H and O–H groups in total. The second-order valence-corrected chi connectivity index (χ2v) is 5.66. The summed E-state index contributed by atoms with van der Waals surface area (Å²) in [4.78, 5) is 2.43. The molecule has 0 radical (unpaired) electrons. The van der Waals surface area contributed by atoms with Gasteiger partial charge in [0.1, 0.15) is 0 Å². The van der Waals surface area contributed by atoms with Crippen molar-refractivity contribution >= 4 is 11.6 Å². The first-order valence-electron chi connectivity index (χ1n) is 7.41. The number of hydrogen-bond donors (Lipinski definition) is 0. The molecule has 21 heavy (non-hydrogen) atoms. The summed E-state index contributed by atoms with van der Waals surface area (Å²) in [5.74, 6) is 1.45. The summed E-state index contributed by atoms with van der Waals surface area (Å²) in [6.45, 7) is 5.47. The van der Waals surface area contributed by atoms with E-state index in [1.165, 1.54) is 12.8 Å². The van der Waals surface area contributed by atoms with Gasteiger partial charge in [0.2, 0.25) is 0 Å². The molecule has 4 nitrogen and oxygen atoms in total. The standard InChI is InChI=1S/C16H24ClNO3/c1-4-21-11-14-6-5-7-18(14)10-12-8-13(17)9-15(19-2)16(12)20-3/h8-9,14H,4-7,10-11H2,1-3H3. The smallest absolute Gasteiger partial charge is 0.165 e. The molecule has 5 heteroatoms. The summed E-state index contributed by atoms with van der Waals surface area (Å²) in [5, 5.41) is 0.670. The van der Waals surface area contributed by atoms with Crippen LogP contribution >= 0.6 is 11.6 Å². The zero-order valence-corrected chi connectivity index (χ0v) is 13.8. The van der Waals surface area contributed by atoms with Crippen molar-refractivity contribution in [2.75, 3.05) is 34.0 Å². The van der Waals surface area contributed by atoms with Crippen molar-refractivity contribution < 1.29 is 14.2 Å². The largest absolute Gasteiger partial charge is 0.493 e. The van der Waals surface area contributed by atoms with E-state index < -0.39 is 0 Å². The van der Waals surface area contributed by atoms with Crippen LogP contribution in [0.5, 0.6) is 11.5 Å². The number of ether oxygens (including phenoxy) is 3. The van der Waals surface area contributed by atoms with Gasteiger partial charge in [-0.05, 0) is 32.4 Å². The first-order chi connectivity index (χ1) is 10.2. The lowest BCUT2D eigenvalue weighted by Crippen LogP contribution is -2.32. The second-order valence-electron chi connectivity index (χ2n) is 5.23. The summed E-state index contributed by atoms with van der Waals surface area (Å²) < 4.78 is 16.5. The monoisotopic (exact) mass is 313 g/mol. The average Bonchev–Trinajstić information content (AvgIpc) is 2.91. The molecule has 1 aliphatic rings. The van der Waals surface area contributed by atoms with Crippen LogP contribution in [0.2, 0.25) is 5.02 Å². The average molecular weight is 314 g/mol. The Balaban J connectivity index is 2.16. The molecule has 0 bridgehead atoms. The zero-order chi connectivity index (χ0) is 15.2. The molecular weight excluding hydrogens is 290 g/mol. The van der Waals surface area contributed by atoms with E-state index in [0.29, 0.717) is 16.8 Å². The Bertz CT molecular complexity index is 467. The Kier molecular flexibility index (Phi) is 6.15. The van der Waals surface area contributed by atoms with Gasteiger partial charge in [0, 0.05) is 35.8 Å². The lowest BCUT2D eigenvalue weighted by molar-refractivity contribution is 0.0820. The molecule has 1 aromatic carbocycles. The highest BCUT2D eigenvalue weighted by atomic mass is 35.5. The third kappa shape index (κ3) is 4.02. The lowest BCUT2D eigenvalue weighted by Gasteiger charge is -2.25. The maximum absolute atomic E-state index is 6.18. The molecule has 1 atom stereocenters. The van der Waals surface area contributed by atoms with Crippen LogP contribution in [0, 0.1) is 0 Å². The molecule has 0 spiro atoms. The minimum absolute atomic E-state index is 0.472. The van der Waals surface area contributed by atoms with Crippen molar-refractivity contribution in [1.82, 2.24) is 4.90 Å². The fourth-order valence-electron chi connectivity index (χ4n) is 2.89. The maximum atomic E-state index is 6.18. The highest BCUT2D eigenvalue weighted by molar-refractivity contribution is 6.30. The number of methoxy groups -OCH3 is 2. The fourth-order valence-corrected chi connectivity index (χ4v) is 3.12. The summed E-state index contributed by atoms with van der Waals surface area (Å²) in [6.07, 6.45) is 2.39. The third-order valence-corrected chi connectivity index (χ3v) is 4.13. The summed E-state index contributed by atoms with van der Waals surface area (Å²) >= 11 is 6.18. The van der Waals surface area contributed by atoms with Gasteiger partial charge in [0.25, 0.3) is 0 Å². The van der Waals surface area contributed by atoms with E-state index >= 15 is 0 Å². The van der Waals surface area contributed by atoms with Gasteiger partial charge in [-0.15, -0.1) is 0 Å². The predicted octanol–water partition coefficient (Wildman–Crippen LogP) is 3.36. The fraction of sp³-hybridized carbons (Fsp3) is 0.625. The van der Waals surface area contributed by atoms with Crippen molar-refractivity contribution in [3.8, 4) is 11.5 Å². The molecule has 0 aromatic heterocycles. The van der Waals surface area contributed by atoms with Crippen LogP contribution in [0.15, 0.2) is 12.1 Å². The molecule has 2 rings (SSSR count). The highest BCUT2D eigenvalue weighted by Gasteiger charge is 2.26. The first-order valence-corrected chi connectivity index (χ1v) is 7.79. The van der Waals surface area contributed by atoms with Gasteiger partial charge in [-0.25, -0.2) is 0 Å². The second kappa shape index (κ2) is 7.87. The van der Waals surface area contributed by atoms with E-state index in [2.05, 4.69) is 4.90 Å². The van der Waals surface area contributed by atoms with Crippen molar-refractivity contribution in [3.63, 3.8) is 0 Å². The van der Waals surface area contributed by atoms with E-state index in [9.17, 15) is 0 Å². The van der Waals surface area contributed by atoms with Crippen molar-refractivity contribution in [2.45, 2.75) is 32.4 Å². The van der Waals surface area contributed by atoms with Gasteiger partial charge in [-0.1, -0.05) is 11.6 Å². The summed E-state index contributed by atoms with van der Waals surface area (Å²) in [5.41, 5.74) is 1.06. The molecule has 1 unspecified atom stereocenters. The molecule has 1 heterocycles. The van der Waals surface area contributed by atoms with Gasteiger partial charge in [0.05, 0.1) is 20.8 Å². The van der Waals surface area contributed by atoms with Crippen LogP contribution in [0.4, 0.5) is 0 Å². The van der Waals surface area contributed by atoms with Gasteiger partial charge in [-0.3, -0.25) is 4.90 Å². The first kappa shape index (κ1) is 16.4. The van der Waals surface area contributed by atoms with E-state index in [1.54, 1.807) is 20.3 Å². The molecule has 1 saturated heterocycles. The third-order valence-electron chi connectivity index (χ3n) is 3.91. The van der Waals surface area contributed by atoms with Crippen LogP contribution in [-0.2, 0) is 11.3 Å². The number of hydrogen-bond acceptors (Lipinski definition) is 4. The number of likely N-dealkylation sites (tertiary alicyclic amines) is 1. The highest BCUT2D eigenvalue weighted by Crippen LogP contribution is 2.36. The number of halogens is 1. The van der Waals surface area contributed by atoms with Crippen molar-refractivity contribution in [1.29, 1.82) is 0 Å². The number of benzene rings is 1. The number of nitrogens with zero attached hydrogens (tertiary/aromatic N) is 1. The van der Waals surface area contributed by atoms with Gasteiger partial charge in [-0.2, -0.15) is 0 Å². The minimum Gasteiger partial charge on any atom is -0.493 e. The Morgan fingerprint density at radius 1 is 1.29 bits per heavy atom. The van der Waals surface area contributed by atoms with Crippen LogP contribution in [0.25, 0.3) is 0 Å². The van der Waals surface area contributed by atoms with E-state index in [-0.39, 0.29) is 0 Å². The quantitative estimate of drug-likeness (QED) is 0.772. The minimum atomic E-state index is 0.472. The summed E-state index contributed by atoms with van der Waals surface area (Å²) in [6, 6.07) is 4.21. The van der Waals surface area contributed by atoms with Gasteiger partial charge in [0.15, 0.2) is 11.5 Å². The Morgan fingerprint density at radius 3 is 2.76 bits per heavy atom. The lowest BCUT2D eigenvalue weighted by atomic mass is 10.1. The SMILES string of the molecule is CCOCC1CCCN1Cc1cc(Cl)cc(OC)c1OC. The topological polar surface area (TPSA) is 30.9 Å². The van der Waals surface area contributed by atoms with E-state index in [1.807, 2.05) is 13.0 Å². The normalized spacial score (nSPS) is 19.0. The van der Waals surface area contributed by atoms with Gasteiger partial charge < -0.3 is 14.2 Å². The summed E-state index contributed by atoms with van der Waals surface area (Å²) in [7, 11) is 3.29. The Hall–Kier alpha value is -0.970. The number of rotatable bonds is 7. The maximum Gasteiger partial charge on any atom is 0.165 e.